The molecule has 150 valence electrons. The summed E-state index contributed by atoms with van der Waals surface area (Å²) in [4.78, 5) is 29.7. The molecule has 0 radical (unpaired) electrons. The van der Waals surface area contributed by atoms with Crippen LogP contribution in [0.4, 0.5) is 5.69 Å². The van der Waals surface area contributed by atoms with Crippen LogP contribution in [0.1, 0.15) is 5.69 Å². The number of carbonyl (C=O) groups is 1. The van der Waals surface area contributed by atoms with E-state index in [9.17, 15) is 9.59 Å². The van der Waals surface area contributed by atoms with E-state index in [1.54, 1.807) is 16.4 Å². The van der Waals surface area contributed by atoms with E-state index in [0.29, 0.717) is 11.4 Å². The number of likely N-dealkylation sites (N-methyl/N-ethyl adjacent to an activating group) is 1. The zero-order valence-corrected chi connectivity index (χ0v) is 18.0. The fraction of sp³-hybridized carbons (Fsp3) is 0.421. The van der Waals surface area contributed by atoms with Crippen molar-refractivity contribution in [3.63, 3.8) is 0 Å². The number of thiocarbonyl (C=S) groups is 1. The number of hydrogen-bond donors (Lipinski definition) is 1. The highest BCUT2D eigenvalue weighted by Crippen LogP contribution is 2.16. The second kappa shape index (κ2) is 8.93. The highest BCUT2D eigenvalue weighted by atomic mass is 32.2. The molecular formula is C19H25N5O2S2. The van der Waals surface area contributed by atoms with Gasteiger partial charge in [-0.3, -0.25) is 14.3 Å². The zero-order chi connectivity index (χ0) is 20.3. The fourth-order valence-corrected chi connectivity index (χ4v) is 4.15. The Bertz CT molecular complexity index is 914. The lowest BCUT2D eigenvalue weighted by molar-refractivity contribution is -0.113. The lowest BCUT2D eigenvalue weighted by atomic mass is 10.3. The Labute approximate surface area is 174 Å². The predicted molar refractivity (Wildman–Crippen MR) is 119 cm³/mol. The number of thioether (sulfide) groups is 1. The highest BCUT2D eigenvalue weighted by Gasteiger charge is 2.20. The van der Waals surface area contributed by atoms with Crippen molar-refractivity contribution in [2.75, 3.05) is 44.3 Å². The first-order valence-electron chi connectivity index (χ1n) is 9.12. The number of carbonyl (C=O) groups excluding carboxylic acids is 1. The number of nitrogens with zero attached hydrogens (tertiary/aromatic N) is 4. The van der Waals surface area contributed by atoms with Crippen LogP contribution in [-0.4, -0.2) is 68.4 Å². The lowest BCUT2D eigenvalue weighted by Gasteiger charge is -2.33. The molecular weight excluding hydrogens is 394 g/mol. The first-order chi connectivity index (χ1) is 13.4. The predicted octanol–water partition coefficient (Wildman–Crippen LogP) is 1.69. The van der Waals surface area contributed by atoms with Crippen molar-refractivity contribution in [1.29, 1.82) is 0 Å². The second-order valence-electron chi connectivity index (χ2n) is 6.83. The molecule has 7 nitrogen and oxygen atoms in total. The van der Waals surface area contributed by atoms with Gasteiger partial charge in [-0.2, -0.15) is 0 Å². The number of hydrogen-bond acceptors (Lipinski definition) is 5. The molecule has 3 rings (SSSR count). The van der Waals surface area contributed by atoms with Gasteiger partial charge in [-0.1, -0.05) is 42.2 Å². The van der Waals surface area contributed by atoms with Gasteiger partial charge in [0, 0.05) is 33.2 Å². The van der Waals surface area contributed by atoms with Gasteiger partial charge in [-0.05, 0) is 26.1 Å². The van der Waals surface area contributed by atoms with Crippen molar-refractivity contribution in [3.8, 4) is 5.69 Å². The van der Waals surface area contributed by atoms with Gasteiger partial charge in [-0.15, -0.1) is 0 Å². The molecule has 1 fully saturated rings. The van der Waals surface area contributed by atoms with E-state index in [0.717, 1.165) is 36.2 Å². The molecule has 28 heavy (non-hydrogen) atoms. The van der Waals surface area contributed by atoms with Crippen LogP contribution in [0.2, 0.25) is 0 Å². The normalized spacial score (nSPS) is 14.9. The number of piperazine rings is 1. The molecule has 1 saturated heterocycles. The number of rotatable bonds is 4. The van der Waals surface area contributed by atoms with E-state index in [2.05, 4.69) is 22.2 Å². The highest BCUT2D eigenvalue weighted by molar-refractivity contribution is 8.23. The Morgan fingerprint density at radius 1 is 1.14 bits per heavy atom. The van der Waals surface area contributed by atoms with E-state index in [4.69, 9.17) is 12.2 Å². The maximum Gasteiger partial charge on any atom is 0.295 e. The van der Waals surface area contributed by atoms with Crippen LogP contribution in [0, 0.1) is 6.92 Å². The third-order valence-electron chi connectivity index (χ3n) is 4.91. The maximum atomic E-state index is 12.8. The molecule has 2 aromatic rings. The number of para-hydroxylation sites is 1. The fourth-order valence-electron chi connectivity index (χ4n) is 3.10. The van der Waals surface area contributed by atoms with Gasteiger partial charge in [0.1, 0.15) is 10.0 Å². The smallest absolute Gasteiger partial charge is 0.295 e. The van der Waals surface area contributed by atoms with Crippen LogP contribution in [0.25, 0.3) is 5.69 Å². The van der Waals surface area contributed by atoms with Crippen LogP contribution in [0.5, 0.6) is 0 Å². The number of benzene rings is 1. The van der Waals surface area contributed by atoms with Crippen LogP contribution < -0.4 is 10.9 Å². The minimum absolute atomic E-state index is 0.185. The molecule has 1 aromatic carbocycles. The molecule has 9 heteroatoms. The minimum atomic E-state index is -0.244. The SMILES string of the molecule is Cc1c(NC(=O)CSC(=S)N2CCN(C)CC2)c(=O)n(-c2ccccc2)n1C. The van der Waals surface area contributed by atoms with Crippen molar-refractivity contribution in [3.05, 3.63) is 46.4 Å². The Hall–Kier alpha value is -2.10. The lowest BCUT2D eigenvalue weighted by Crippen LogP contribution is -2.46. The van der Waals surface area contributed by atoms with Crippen molar-refractivity contribution in [1.82, 2.24) is 19.2 Å². The molecule has 0 unspecified atom stereocenters. The third kappa shape index (κ3) is 4.48. The van der Waals surface area contributed by atoms with Gasteiger partial charge in [0.2, 0.25) is 5.91 Å². The monoisotopic (exact) mass is 419 g/mol. The first-order valence-corrected chi connectivity index (χ1v) is 10.5. The van der Waals surface area contributed by atoms with E-state index < -0.39 is 0 Å². The topological polar surface area (TPSA) is 62.5 Å². The molecule has 0 spiro atoms. The summed E-state index contributed by atoms with van der Waals surface area (Å²) >= 11 is 6.80. The summed E-state index contributed by atoms with van der Waals surface area (Å²) in [5.74, 6) is -0.0444. The van der Waals surface area contributed by atoms with Crippen molar-refractivity contribution in [2.24, 2.45) is 7.05 Å². The van der Waals surface area contributed by atoms with E-state index in [-0.39, 0.29) is 17.2 Å². The van der Waals surface area contributed by atoms with Gasteiger partial charge in [0.15, 0.2) is 0 Å². The number of aromatic nitrogens is 2. The molecule has 0 atom stereocenters. The summed E-state index contributed by atoms with van der Waals surface area (Å²) in [7, 11) is 3.89. The molecule has 1 aromatic heterocycles. The molecule has 0 saturated carbocycles. The molecule has 2 heterocycles. The standard InChI is InChI=1S/C19H25N5O2S2/c1-14-17(18(26)24(22(14)3)15-7-5-4-6-8-15)20-16(25)13-28-19(27)23-11-9-21(2)10-12-23/h4-8H,9-13H2,1-3H3,(H,20,25). The molecule has 0 aliphatic carbocycles. The molecule has 1 aliphatic heterocycles. The first kappa shape index (κ1) is 20.6. The average molecular weight is 420 g/mol. The Morgan fingerprint density at radius 2 is 1.79 bits per heavy atom. The minimum Gasteiger partial charge on any atom is -0.355 e. The van der Waals surface area contributed by atoms with E-state index in [1.165, 1.54) is 11.8 Å². The van der Waals surface area contributed by atoms with Crippen LogP contribution in [0.3, 0.4) is 0 Å². The van der Waals surface area contributed by atoms with Gasteiger partial charge < -0.3 is 15.1 Å². The summed E-state index contributed by atoms with van der Waals surface area (Å²) in [5.41, 5.74) is 1.52. The Kier molecular flexibility index (Phi) is 6.58. The number of amides is 1. The van der Waals surface area contributed by atoms with E-state index in [1.807, 2.05) is 37.3 Å². The third-order valence-corrected chi connectivity index (χ3v) is 6.43. The number of anilines is 1. The van der Waals surface area contributed by atoms with Crippen LogP contribution >= 0.6 is 24.0 Å². The Morgan fingerprint density at radius 3 is 2.43 bits per heavy atom. The summed E-state index contributed by atoms with van der Waals surface area (Å²) in [6, 6.07) is 9.36. The summed E-state index contributed by atoms with van der Waals surface area (Å²) in [6.07, 6.45) is 0. The Balaban J connectivity index is 1.65. The van der Waals surface area contributed by atoms with E-state index >= 15 is 0 Å². The second-order valence-corrected chi connectivity index (χ2v) is 8.44. The van der Waals surface area contributed by atoms with Crippen LogP contribution in [0.15, 0.2) is 35.1 Å². The quantitative estimate of drug-likeness (QED) is 0.761. The van der Waals surface area contributed by atoms with Gasteiger partial charge in [0.25, 0.3) is 5.56 Å². The summed E-state index contributed by atoms with van der Waals surface area (Å²) in [6.45, 7) is 5.51. The van der Waals surface area contributed by atoms with Crippen molar-refractivity contribution < 1.29 is 4.79 Å². The van der Waals surface area contributed by atoms with Crippen molar-refractivity contribution in [2.45, 2.75) is 6.92 Å². The average Bonchev–Trinajstić information content (AvgIpc) is 2.90. The van der Waals surface area contributed by atoms with Crippen LogP contribution in [-0.2, 0) is 11.8 Å². The molecule has 1 N–H and O–H groups in total. The number of nitrogens with one attached hydrogen (secondary N) is 1. The zero-order valence-electron chi connectivity index (χ0n) is 16.3. The maximum absolute atomic E-state index is 12.8. The molecule has 0 bridgehead atoms. The largest absolute Gasteiger partial charge is 0.355 e. The van der Waals surface area contributed by atoms with Crippen molar-refractivity contribution >= 4 is 39.9 Å². The molecule has 1 amide bonds. The van der Waals surface area contributed by atoms with Gasteiger partial charge in [0.05, 0.1) is 17.1 Å². The summed E-state index contributed by atoms with van der Waals surface area (Å²) in [5, 5.41) is 2.77. The molecule has 1 aliphatic rings. The summed E-state index contributed by atoms with van der Waals surface area (Å²) < 4.78 is 4.03. The van der Waals surface area contributed by atoms with Gasteiger partial charge >= 0.3 is 0 Å². The van der Waals surface area contributed by atoms with Gasteiger partial charge in [-0.25, -0.2) is 4.68 Å².